The molecule has 0 bridgehead atoms. The molecule has 0 aromatic heterocycles. The number of carbonyl (C=O) groups is 1. The normalized spacial score (nSPS) is 11.5. The first-order valence-corrected chi connectivity index (χ1v) is 6.27. The minimum Gasteiger partial charge on any atom is -0.395 e. The van der Waals surface area contributed by atoms with Gasteiger partial charge in [-0.25, -0.2) is 0 Å². The average Bonchev–Trinajstić information content (AvgIpc) is 2.29. The Labute approximate surface area is 117 Å². The number of rotatable bonds is 4. The van der Waals surface area contributed by atoms with Crippen molar-refractivity contribution in [3.8, 4) is 0 Å². The van der Waals surface area contributed by atoms with Crippen LogP contribution in [-0.2, 0) is 0 Å². The third kappa shape index (κ3) is 4.83. The topological polar surface area (TPSA) is 40.5 Å². The predicted octanol–water partition coefficient (Wildman–Crippen LogP) is 2.75. The van der Waals surface area contributed by atoms with Gasteiger partial charge in [0.1, 0.15) is 6.54 Å². The zero-order valence-electron chi connectivity index (χ0n) is 10.2. The molecule has 0 saturated heterocycles. The molecule has 0 spiro atoms. The summed E-state index contributed by atoms with van der Waals surface area (Å²) in [5, 5.41) is 8.76. The Morgan fingerprint density at radius 1 is 1.42 bits per heavy atom. The van der Waals surface area contributed by atoms with Gasteiger partial charge in [-0.3, -0.25) is 4.79 Å². The lowest BCUT2D eigenvalue weighted by molar-refractivity contribution is -0.141. The third-order valence-electron chi connectivity index (χ3n) is 2.43. The zero-order valence-corrected chi connectivity index (χ0v) is 11.8. The first kappa shape index (κ1) is 16.0. The molecule has 1 aromatic rings. The largest absolute Gasteiger partial charge is 0.406 e. The smallest absolute Gasteiger partial charge is 0.395 e. The highest BCUT2D eigenvalue weighted by Crippen LogP contribution is 2.21. The van der Waals surface area contributed by atoms with Crippen LogP contribution in [0.3, 0.4) is 0 Å². The maximum absolute atomic E-state index is 12.4. The summed E-state index contributed by atoms with van der Waals surface area (Å²) in [4.78, 5) is 12.6. The summed E-state index contributed by atoms with van der Waals surface area (Å²) in [6.07, 6.45) is -4.49. The molecule has 3 nitrogen and oxygen atoms in total. The van der Waals surface area contributed by atoms with Gasteiger partial charge in [-0.1, -0.05) is 15.9 Å². The number of aryl methyl sites for hydroxylation is 1. The third-order valence-corrected chi connectivity index (χ3v) is 3.32. The van der Waals surface area contributed by atoms with E-state index in [1.807, 2.05) is 0 Å². The molecular formula is C12H13BrF3NO2. The first-order chi connectivity index (χ1) is 8.74. The Bertz CT molecular complexity index is 463. The van der Waals surface area contributed by atoms with Crippen molar-refractivity contribution in [1.29, 1.82) is 0 Å². The van der Waals surface area contributed by atoms with Crippen LogP contribution >= 0.6 is 15.9 Å². The summed E-state index contributed by atoms with van der Waals surface area (Å²) < 4.78 is 37.9. The highest BCUT2D eigenvalue weighted by atomic mass is 79.9. The van der Waals surface area contributed by atoms with E-state index in [4.69, 9.17) is 5.11 Å². The molecule has 0 aliphatic heterocycles. The number of aliphatic hydroxyl groups excluding tert-OH is 1. The Morgan fingerprint density at radius 3 is 2.53 bits per heavy atom. The van der Waals surface area contributed by atoms with Gasteiger partial charge in [0.05, 0.1) is 6.61 Å². The van der Waals surface area contributed by atoms with E-state index in [0.29, 0.717) is 4.90 Å². The molecule has 0 unspecified atom stereocenters. The van der Waals surface area contributed by atoms with Gasteiger partial charge in [0.25, 0.3) is 5.91 Å². The Morgan fingerprint density at radius 2 is 2.05 bits per heavy atom. The van der Waals surface area contributed by atoms with Gasteiger partial charge in [0.15, 0.2) is 0 Å². The Kier molecular flexibility index (Phi) is 5.37. The van der Waals surface area contributed by atoms with Gasteiger partial charge in [0, 0.05) is 16.6 Å². The average molecular weight is 340 g/mol. The summed E-state index contributed by atoms with van der Waals surface area (Å²) in [5.74, 6) is -0.748. The maximum atomic E-state index is 12.4. The van der Waals surface area contributed by atoms with Crippen molar-refractivity contribution < 1.29 is 23.1 Å². The molecular weight excluding hydrogens is 327 g/mol. The highest BCUT2D eigenvalue weighted by molar-refractivity contribution is 9.10. The van der Waals surface area contributed by atoms with E-state index in [-0.39, 0.29) is 12.1 Å². The molecule has 0 fully saturated rings. The molecule has 0 atom stereocenters. The van der Waals surface area contributed by atoms with Gasteiger partial charge in [-0.2, -0.15) is 13.2 Å². The number of carbonyl (C=O) groups excluding carboxylic acids is 1. The molecule has 106 valence electrons. The Balaban J connectivity index is 2.95. The molecule has 7 heteroatoms. The summed E-state index contributed by atoms with van der Waals surface area (Å²) >= 11 is 3.25. The van der Waals surface area contributed by atoms with Gasteiger partial charge in [-0.05, 0) is 30.7 Å². The van der Waals surface area contributed by atoms with Crippen molar-refractivity contribution >= 4 is 21.8 Å². The van der Waals surface area contributed by atoms with Crippen LogP contribution in [0, 0.1) is 6.92 Å². The summed E-state index contributed by atoms with van der Waals surface area (Å²) in [5.41, 5.74) is 0.917. The van der Waals surface area contributed by atoms with E-state index in [2.05, 4.69) is 15.9 Å². The number of nitrogens with zero attached hydrogens (tertiary/aromatic N) is 1. The number of benzene rings is 1. The second-order valence-electron chi connectivity index (χ2n) is 4.03. The SMILES string of the molecule is Cc1cc(C(=O)N(CCO)CC(F)(F)F)ccc1Br. The van der Waals surface area contributed by atoms with Gasteiger partial charge in [-0.15, -0.1) is 0 Å². The van der Waals surface area contributed by atoms with Crippen molar-refractivity contribution in [3.63, 3.8) is 0 Å². The minimum atomic E-state index is -4.49. The van der Waals surface area contributed by atoms with Crippen LogP contribution in [0.1, 0.15) is 15.9 Å². The van der Waals surface area contributed by atoms with E-state index in [0.717, 1.165) is 10.0 Å². The second kappa shape index (κ2) is 6.38. The first-order valence-electron chi connectivity index (χ1n) is 5.47. The van der Waals surface area contributed by atoms with Crippen molar-refractivity contribution in [2.45, 2.75) is 13.1 Å². The molecule has 19 heavy (non-hydrogen) atoms. The number of aliphatic hydroxyl groups is 1. The van der Waals surface area contributed by atoms with E-state index >= 15 is 0 Å². The van der Waals surface area contributed by atoms with Crippen LogP contribution in [-0.4, -0.2) is 41.8 Å². The Hall–Kier alpha value is -1.08. The number of amides is 1. The van der Waals surface area contributed by atoms with Crippen LogP contribution in [0.2, 0.25) is 0 Å². The van der Waals surface area contributed by atoms with Gasteiger partial charge >= 0.3 is 6.18 Å². The van der Waals surface area contributed by atoms with Crippen LogP contribution in [0.5, 0.6) is 0 Å². The number of hydrogen-bond donors (Lipinski definition) is 1. The molecule has 0 radical (unpaired) electrons. The molecule has 0 aliphatic carbocycles. The number of alkyl halides is 3. The molecule has 1 N–H and O–H groups in total. The fourth-order valence-electron chi connectivity index (χ4n) is 1.55. The predicted molar refractivity (Wildman–Crippen MR) is 67.9 cm³/mol. The van der Waals surface area contributed by atoms with Gasteiger partial charge < -0.3 is 10.0 Å². The monoisotopic (exact) mass is 339 g/mol. The molecule has 1 rings (SSSR count). The standard InChI is InChI=1S/C12H13BrF3NO2/c1-8-6-9(2-3-10(8)13)11(19)17(4-5-18)7-12(14,15)16/h2-3,6,18H,4-5,7H2,1H3. The minimum absolute atomic E-state index is 0.165. The molecule has 1 amide bonds. The van der Waals surface area contributed by atoms with Crippen LogP contribution in [0.4, 0.5) is 13.2 Å². The van der Waals surface area contributed by atoms with Crippen molar-refractivity contribution in [1.82, 2.24) is 4.90 Å². The lowest BCUT2D eigenvalue weighted by atomic mass is 10.1. The van der Waals surface area contributed by atoms with Crippen molar-refractivity contribution in [2.24, 2.45) is 0 Å². The van der Waals surface area contributed by atoms with E-state index in [1.165, 1.54) is 12.1 Å². The molecule has 0 saturated carbocycles. The quantitative estimate of drug-likeness (QED) is 0.916. The maximum Gasteiger partial charge on any atom is 0.406 e. The van der Waals surface area contributed by atoms with E-state index < -0.39 is 25.2 Å². The fraction of sp³-hybridized carbons (Fsp3) is 0.417. The van der Waals surface area contributed by atoms with Crippen molar-refractivity contribution in [3.05, 3.63) is 33.8 Å². The second-order valence-corrected chi connectivity index (χ2v) is 4.88. The molecule has 0 aliphatic rings. The number of hydrogen-bond acceptors (Lipinski definition) is 2. The van der Waals surface area contributed by atoms with Crippen molar-refractivity contribution in [2.75, 3.05) is 19.7 Å². The lowest BCUT2D eigenvalue weighted by Gasteiger charge is -2.23. The van der Waals surface area contributed by atoms with E-state index in [9.17, 15) is 18.0 Å². The summed E-state index contributed by atoms with van der Waals surface area (Å²) in [6, 6.07) is 4.56. The lowest BCUT2D eigenvalue weighted by Crippen LogP contribution is -2.40. The summed E-state index contributed by atoms with van der Waals surface area (Å²) in [6.45, 7) is -0.507. The van der Waals surface area contributed by atoms with Gasteiger partial charge in [0.2, 0.25) is 0 Å². The highest BCUT2D eigenvalue weighted by Gasteiger charge is 2.33. The number of halogens is 4. The van der Waals surface area contributed by atoms with Crippen LogP contribution in [0.25, 0.3) is 0 Å². The summed E-state index contributed by atoms with van der Waals surface area (Å²) in [7, 11) is 0. The van der Waals surface area contributed by atoms with Crippen LogP contribution < -0.4 is 0 Å². The van der Waals surface area contributed by atoms with E-state index in [1.54, 1.807) is 13.0 Å². The molecule has 0 heterocycles. The fourth-order valence-corrected chi connectivity index (χ4v) is 1.80. The van der Waals surface area contributed by atoms with Crippen LogP contribution in [0.15, 0.2) is 22.7 Å². The molecule has 1 aromatic carbocycles. The zero-order chi connectivity index (χ0) is 14.6.